The monoisotopic (exact) mass is 303 g/mol. The third kappa shape index (κ3) is 2.95. The normalized spacial score (nSPS) is 13.0. The van der Waals surface area contributed by atoms with Gasteiger partial charge in [-0.2, -0.15) is 5.10 Å². The summed E-state index contributed by atoms with van der Waals surface area (Å²) in [6.45, 7) is 5.60. The Balaban J connectivity index is 2.36. The smallest absolute Gasteiger partial charge is 0.328 e. The van der Waals surface area contributed by atoms with Gasteiger partial charge in [-0.1, -0.05) is 39.0 Å². The van der Waals surface area contributed by atoms with Crippen LogP contribution in [0.1, 0.15) is 31.3 Å². The van der Waals surface area contributed by atoms with Crippen LogP contribution in [0.15, 0.2) is 24.3 Å². The zero-order valence-corrected chi connectivity index (χ0v) is 13.5. The Morgan fingerprint density at radius 1 is 1.27 bits per heavy atom. The Hall–Kier alpha value is -2.37. The van der Waals surface area contributed by atoms with Gasteiger partial charge in [0.15, 0.2) is 5.69 Å². The molecular weight excluding hydrogens is 282 g/mol. The summed E-state index contributed by atoms with van der Waals surface area (Å²) >= 11 is 0. The van der Waals surface area contributed by atoms with E-state index >= 15 is 0 Å². The van der Waals surface area contributed by atoms with E-state index in [-0.39, 0.29) is 5.91 Å². The number of methoxy groups -OCH3 is 1. The molecule has 1 amide bonds. The molecule has 118 valence electrons. The summed E-state index contributed by atoms with van der Waals surface area (Å²) in [7, 11) is 3.09. The minimum atomic E-state index is -0.745. The molecular formula is C16H21N3O3. The van der Waals surface area contributed by atoms with E-state index in [0.29, 0.717) is 5.69 Å². The van der Waals surface area contributed by atoms with Crippen LogP contribution in [0.5, 0.6) is 0 Å². The number of amides is 1. The number of fused-ring (bicyclic) bond motifs is 1. The van der Waals surface area contributed by atoms with Crippen LogP contribution in [0, 0.1) is 5.41 Å². The predicted octanol–water partition coefficient (Wildman–Crippen LogP) is 1.89. The second-order valence-corrected chi connectivity index (χ2v) is 6.29. The molecule has 1 unspecified atom stereocenters. The van der Waals surface area contributed by atoms with Gasteiger partial charge >= 0.3 is 5.97 Å². The molecule has 1 atom stereocenters. The van der Waals surface area contributed by atoms with Gasteiger partial charge in [0.2, 0.25) is 0 Å². The minimum Gasteiger partial charge on any atom is -0.467 e. The molecule has 0 saturated heterocycles. The van der Waals surface area contributed by atoms with Gasteiger partial charge in [-0.3, -0.25) is 9.48 Å². The number of hydrogen-bond acceptors (Lipinski definition) is 4. The lowest BCUT2D eigenvalue weighted by molar-refractivity contribution is -0.145. The summed E-state index contributed by atoms with van der Waals surface area (Å²) in [5, 5.41) is 7.75. The summed E-state index contributed by atoms with van der Waals surface area (Å²) in [5.41, 5.74) is 0.696. The number of ether oxygens (including phenoxy) is 1. The number of aryl methyl sites for hydroxylation is 1. The number of rotatable bonds is 3. The zero-order valence-electron chi connectivity index (χ0n) is 13.5. The Morgan fingerprint density at radius 3 is 2.50 bits per heavy atom. The summed E-state index contributed by atoms with van der Waals surface area (Å²) in [6.07, 6.45) is 0. The average Bonchev–Trinajstić information content (AvgIpc) is 2.80. The lowest BCUT2D eigenvalue weighted by Gasteiger charge is -2.28. The Morgan fingerprint density at radius 2 is 1.91 bits per heavy atom. The van der Waals surface area contributed by atoms with Crippen molar-refractivity contribution in [1.82, 2.24) is 15.1 Å². The molecule has 0 aliphatic rings. The summed E-state index contributed by atoms with van der Waals surface area (Å²) in [5.74, 6) is -0.858. The van der Waals surface area contributed by atoms with E-state index in [1.54, 1.807) is 11.7 Å². The fraction of sp³-hybridized carbons (Fsp3) is 0.438. The Labute approximate surface area is 129 Å². The number of nitrogens with zero attached hydrogens (tertiary/aromatic N) is 2. The first-order valence-corrected chi connectivity index (χ1v) is 7.06. The molecule has 0 spiro atoms. The highest BCUT2D eigenvalue weighted by molar-refractivity contribution is 6.06. The third-order valence-electron chi connectivity index (χ3n) is 3.55. The van der Waals surface area contributed by atoms with Crippen molar-refractivity contribution in [3.8, 4) is 0 Å². The van der Waals surface area contributed by atoms with Crippen molar-refractivity contribution < 1.29 is 14.3 Å². The molecule has 0 fully saturated rings. The van der Waals surface area contributed by atoms with Crippen LogP contribution in [0.4, 0.5) is 0 Å². The fourth-order valence-electron chi connectivity index (χ4n) is 2.33. The highest BCUT2D eigenvalue weighted by Crippen LogP contribution is 2.22. The fourth-order valence-corrected chi connectivity index (χ4v) is 2.33. The van der Waals surface area contributed by atoms with Crippen molar-refractivity contribution in [3.05, 3.63) is 30.0 Å². The maximum atomic E-state index is 12.6. The molecule has 1 N–H and O–H groups in total. The van der Waals surface area contributed by atoms with Crippen molar-refractivity contribution in [2.24, 2.45) is 12.5 Å². The van der Waals surface area contributed by atoms with Crippen molar-refractivity contribution in [2.45, 2.75) is 26.8 Å². The van der Waals surface area contributed by atoms with E-state index in [1.807, 2.05) is 45.0 Å². The summed E-state index contributed by atoms with van der Waals surface area (Å²) in [4.78, 5) is 24.5. The quantitative estimate of drug-likeness (QED) is 0.879. The van der Waals surface area contributed by atoms with Gasteiger partial charge in [0.1, 0.15) is 6.04 Å². The van der Waals surface area contributed by atoms with Crippen LogP contribution >= 0.6 is 0 Å². The maximum absolute atomic E-state index is 12.6. The molecule has 22 heavy (non-hydrogen) atoms. The zero-order chi connectivity index (χ0) is 16.5. The van der Waals surface area contributed by atoms with Crippen LogP contribution in [-0.4, -0.2) is 34.8 Å². The summed E-state index contributed by atoms with van der Waals surface area (Å²) in [6, 6.07) is 6.72. The van der Waals surface area contributed by atoms with Crippen LogP contribution in [0.25, 0.3) is 10.9 Å². The third-order valence-corrected chi connectivity index (χ3v) is 3.55. The van der Waals surface area contributed by atoms with Crippen LogP contribution in [-0.2, 0) is 16.6 Å². The molecule has 6 heteroatoms. The number of esters is 1. The van der Waals surface area contributed by atoms with E-state index in [2.05, 4.69) is 10.4 Å². The lowest BCUT2D eigenvalue weighted by atomic mass is 9.86. The second kappa shape index (κ2) is 5.79. The van der Waals surface area contributed by atoms with E-state index in [0.717, 1.165) is 10.9 Å². The van der Waals surface area contributed by atoms with Crippen molar-refractivity contribution in [1.29, 1.82) is 0 Å². The van der Waals surface area contributed by atoms with Crippen LogP contribution < -0.4 is 5.32 Å². The van der Waals surface area contributed by atoms with Gasteiger partial charge < -0.3 is 10.1 Å². The van der Waals surface area contributed by atoms with Gasteiger partial charge in [0.05, 0.1) is 12.6 Å². The molecule has 6 nitrogen and oxygen atoms in total. The highest BCUT2D eigenvalue weighted by atomic mass is 16.5. The number of nitrogens with one attached hydrogen (secondary N) is 1. The van der Waals surface area contributed by atoms with E-state index in [4.69, 9.17) is 4.74 Å². The molecule has 1 aromatic carbocycles. The van der Waals surface area contributed by atoms with Crippen LogP contribution in [0.2, 0.25) is 0 Å². The standard InChI is InChI=1S/C16H21N3O3/c1-16(2,3)13(15(21)22-5)17-14(20)12-10-8-6-7-9-11(10)19(4)18-12/h6-9,13H,1-5H3,(H,17,20). The molecule has 1 heterocycles. The lowest BCUT2D eigenvalue weighted by Crippen LogP contribution is -2.49. The second-order valence-electron chi connectivity index (χ2n) is 6.29. The van der Waals surface area contributed by atoms with Gasteiger partial charge in [0, 0.05) is 12.4 Å². The molecule has 0 aliphatic heterocycles. The SMILES string of the molecule is COC(=O)C(NC(=O)c1nn(C)c2ccccc12)C(C)(C)C. The van der Waals surface area contributed by atoms with Gasteiger partial charge in [-0.05, 0) is 11.5 Å². The van der Waals surface area contributed by atoms with Crippen molar-refractivity contribution in [3.63, 3.8) is 0 Å². The van der Waals surface area contributed by atoms with Gasteiger partial charge in [-0.15, -0.1) is 0 Å². The average molecular weight is 303 g/mol. The molecule has 0 bridgehead atoms. The van der Waals surface area contributed by atoms with Crippen molar-refractivity contribution in [2.75, 3.05) is 7.11 Å². The largest absolute Gasteiger partial charge is 0.467 e. The number of carbonyl (C=O) groups is 2. The van der Waals surface area contributed by atoms with Gasteiger partial charge in [-0.25, -0.2) is 4.79 Å². The number of carbonyl (C=O) groups excluding carboxylic acids is 2. The topological polar surface area (TPSA) is 73.2 Å². The number of aromatic nitrogens is 2. The molecule has 0 radical (unpaired) electrons. The number of benzene rings is 1. The van der Waals surface area contributed by atoms with Crippen molar-refractivity contribution >= 4 is 22.8 Å². The van der Waals surface area contributed by atoms with E-state index in [9.17, 15) is 9.59 Å². The molecule has 0 aliphatic carbocycles. The first-order chi connectivity index (χ1) is 10.3. The van der Waals surface area contributed by atoms with E-state index in [1.165, 1.54) is 7.11 Å². The maximum Gasteiger partial charge on any atom is 0.328 e. The Bertz CT molecular complexity index is 713. The summed E-state index contributed by atoms with van der Waals surface area (Å²) < 4.78 is 6.44. The molecule has 2 rings (SSSR count). The molecule has 1 aromatic heterocycles. The molecule has 2 aromatic rings. The van der Waals surface area contributed by atoms with Crippen LogP contribution in [0.3, 0.4) is 0 Å². The minimum absolute atomic E-state index is 0.302. The first-order valence-electron chi connectivity index (χ1n) is 7.06. The molecule has 0 saturated carbocycles. The first kappa shape index (κ1) is 16.0. The predicted molar refractivity (Wildman–Crippen MR) is 83.4 cm³/mol. The highest BCUT2D eigenvalue weighted by Gasteiger charge is 2.34. The van der Waals surface area contributed by atoms with Gasteiger partial charge in [0.25, 0.3) is 5.91 Å². The number of para-hydroxylation sites is 1. The number of hydrogen-bond donors (Lipinski definition) is 1. The van der Waals surface area contributed by atoms with E-state index < -0.39 is 17.4 Å². The Kier molecular flexibility index (Phi) is 4.21.